The summed E-state index contributed by atoms with van der Waals surface area (Å²) in [6, 6.07) is 3.95. The third-order valence-corrected chi connectivity index (χ3v) is 6.56. The minimum atomic E-state index is -4.41. The van der Waals surface area contributed by atoms with E-state index in [0.717, 1.165) is 25.3 Å². The van der Waals surface area contributed by atoms with Gasteiger partial charge in [0.2, 0.25) is 5.91 Å². The van der Waals surface area contributed by atoms with Crippen molar-refractivity contribution in [1.82, 2.24) is 10.6 Å². The number of halogens is 3. The van der Waals surface area contributed by atoms with Crippen LogP contribution in [0.2, 0.25) is 0 Å². The number of rotatable bonds is 6. The maximum Gasteiger partial charge on any atom is 0.416 e. The maximum absolute atomic E-state index is 13.4. The van der Waals surface area contributed by atoms with Crippen LogP contribution in [0.25, 0.3) is 0 Å². The summed E-state index contributed by atoms with van der Waals surface area (Å²) in [6.07, 6.45) is 5.70. The molecule has 2 heterocycles. The molecule has 1 amide bonds. The van der Waals surface area contributed by atoms with E-state index >= 15 is 0 Å². The first-order valence-electron chi connectivity index (χ1n) is 11.3. The van der Waals surface area contributed by atoms with Crippen molar-refractivity contribution in [3.63, 3.8) is 0 Å². The Kier molecular flexibility index (Phi) is 6.90. The number of likely N-dealkylation sites (N-methyl/N-ethyl adjacent to an activating group) is 1. The summed E-state index contributed by atoms with van der Waals surface area (Å²) in [6.45, 7) is 3.22. The molecule has 32 heavy (non-hydrogen) atoms. The van der Waals surface area contributed by atoms with Gasteiger partial charge in [-0.15, -0.1) is 0 Å². The summed E-state index contributed by atoms with van der Waals surface area (Å²) in [4.78, 5) is 12.0. The van der Waals surface area contributed by atoms with Gasteiger partial charge in [0, 0.05) is 35.7 Å². The second kappa shape index (κ2) is 9.67. The first kappa shape index (κ1) is 22.9. The number of hydrogen-bond acceptors (Lipinski definition) is 4. The van der Waals surface area contributed by atoms with E-state index < -0.39 is 17.8 Å². The van der Waals surface area contributed by atoms with E-state index in [0.29, 0.717) is 24.3 Å². The molecular weight excluding hydrogens is 419 g/mol. The molecule has 4 rings (SSSR count). The third-order valence-electron chi connectivity index (χ3n) is 6.56. The number of hydrogen-bond donors (Lipinski definition) is 3. The Morgan fingerprint density at radius 1 is 1.25 bits per heavy atom. The van der Waals surface area contributed by atoms with Gasteiger partial charge in [-0.3, -0.25) is 4.79 Å². The zero-order valence-electron chi connectivity index (χ0n) is 18.1. The molecule has 0 aromatic heterocycles. The van der Waals surface area contributed by atoms with Crippen molar-refractivity contribution < 1.29 is 22.7 Å². The predicted molar refractivity (Wildman–Crippen MR) is 117 cm³/mol. The van der Waals surface area contributed by atoms with Crippen LogP contribution in [0.3, 0.4) is 0 Å². The molecule has 174 valence electrons. The van der Waals surface area contributed by atoms with Crippen molar-refractivity contribution in [2.45, 2.75) is 50.6 Å². The standard InChI is InChI=1S/C24H30F3N3O2/c1-2-28-14-21(31)29-13-17-9-10-18-22(15-6-4-3-5-7-15)30-20-11-8-16(24(25,26)27)12-19(20)23(18)32-17/h3-6,8,11-12,15,17-18,22-23,28,30H,2,7,9-10,13-14H2,1H3,(H,29,31)/t15?,17-,18+,22+,23+/m1/s1. The van der Waals surface area contributed by atoms with Crippen molar-refractivity contribution in [2.24, 2.45) is 11.8 Å². The number of benzene rings is 1. The highest BCUT2D eigenvalue weighted by Gasteiger charge is 2.45. The number of ether oxygens (including phenoxy) is 1. The van der Waals surface area contributed by atoms with Crippen LogP contribution in [-0.4, -0.2) is 37.7 Å². The average Bonchev–Trinajstić information content (AvgIpc) is 2.80. The summed E-state index contributed by atoms with van der Waals surface area (Å²) in [5.41, 5.74) is 0.588. The van der Waals surface area contributed by atoms with Crippen LogP contribution in [0.15, 0.2) is 42.5 Å². The Morgan fingerprint density at radius 2 is 2.09 bits per heavy atom. The number of allylic oxidation sites excluding steroid dienone is 3. The predicted octanol–water partition coefficient (Wildman–Crippen LogP) is 4.19. The van der Waals surface area contributed by atoms with Gasteiger partial charge in [-0.25, -0.2) is 0 Å². The molecule has 1 fully saturated rings. The van der Waals surface area contributed by atoms with Gasteiger partial charge in [0.25, 0.3) is 0 Å². The quantitative estimate of drug-likeness (QED) is 0.609. The van der Waals surface area contributed by atoms with E-state index in [1.165, 1.54) is 12.1 Å². The van der Waals surface area contributed by atoms with Gasteiger partial charge in [-0.05, 0) is 44.0 Å². The second-order valence-corrected chi connectivity index (χ2v) is 8.69. The lowest BCUT2D eigenvalue weighted by Gasteiger charge is -2.47. The number of alkyl halides is 3. The number of fused-ring (bicyclic) bond motifs is 3. The molecule has 0 radical (unpaired) electrons. The number of nitrogens with one attached hydrogen (secondary N) is 3. The molecule has 0 bridgehead atoms. The maximum atomic E-state index is 13.4. The molecule has 8 heteroatoms. The van der Waals surface area contributed by atoms with E-state index in [9.17, 15) is 18.0 Å². The molecule has 5 nitrogen and oxygen atoms in total. The topological polar surface area (TPSA) is 62.4 Å². The van der Waals surface area contributed by atoms with Gasteiger partial charge < -0.3 is 20.7 Å². The van der Waals surface area contributed by atoms with Crippen LogP contribution in [-0.2, 0) is 15.7 Å². The van der Waals surface area contributed by atoms with Crippen LogP contribution >= 0.6 is 0 Å². The largest absolute Gasteiger partial charge is 0.416 e. The lowest BCUT2D eigenvalue weighted by atomic mass is 9.73. The summed E-state index contributed by atoms with van der Waals surface area (Å²) in [7, 11) is 0. The molecule has 5 atom stereocenters. The van der Waals surface area contributed by atoms with Gasteiger partial charge in [-0.1, -0.05) is 31.2 Å². The van der Waals surface area contributed by atoms with Crippen LogP contribution in [0, 0.1) is 11.8 Å². The van der Waals surface area contributed by atoms with Crippen molar-refractivity contribution in [2.75, 3.05) is 25.0 Å². The van der Waals surface area contributed by atoms with Crippen LogP contribution in [0.1, 0.15) is 43.4 Å². The molecule has 1 unspecified atom stereocenters. The Morgan fingerprint density at radius 3 is 2.81 bits per heavy atom. The number of anilines is 1. The lowest BCUT2D eigenvalue weighted by Crippen LogP contribution is -2.49. The summed E-state index contributed by atoms with van der Waals surface area (Å²) in [5, 5.41) is 9.37. The van der Waals surface area contributed by atoms with Crippen molar-refractivity contribution in [3.8, 4) is 0 Å². The molecule has 0 saturated carbocycles. The van der Waals surface area contributed by atoms with Gasteiger partial charge in [-0.2, -0.15) is 13.2 Å². The van der Waals surface area contributed by atoms with Crippen molar-refractivity contribution in [1.29, 1.82) is 0 Å². The molecular formula is C24H30F3N3O2. The Labute approximate surface area is 186 Å². The van der Waals surface area contributed by atoms with Gasteiger partial charge >= 0.3 is 6.18 Å². The van der Waals surface area contributed by atoms with E-state index in [1.807, 2.05) is 19.1 Å². The van der Waals surface area contributed by atoms with Crippen LogP contribution < -0.4 is 16.0 Å². The first-order valence-corrected chi connectivity index (χ1v) is 11.3. The minimum Gasteiger partial charge on any atom is -0.381 e. The van der Waals surface area contributed by atoms with Crippen LogP contribution in [0.5, 0.6) is 0 Å². The third kappa shape index (κ3) is 5.02. The van der Waals surface area contributed by atoms with E-state index in [1.54, 1.807) is 0 Å². The van der Waals surface area contributed by atoms with E-state index in [-0.39, 0.29) is 36.4 Å². The fourth-order valence-electron chi connectivity index (χ4n) is 4.94. The minimum absolute atomic E-state index is 0.0563. The summed E-state index contributed by atoms with van der Waals surface area (Å²) >= 11 is 0. The number of carbonyl (C=O) groups excluding carboxylic acids is 1. The van der Waals surface area contributed by atoms with Gasteiger partial charge in [0.15, 0.2) is 0 Å². The van der Waals surface area contributed by atoms with Gasteiger partial charge in [0.05, 0.1) is 24.3 Å². The smallest absolute Gasteiger partial charge is 0.381 e. The first-order chi connectivity index (χ1) is 15.4. The van der Waals surface area contributed by atoms with Crippen molar-refractivity contribution in [3.05, 3.63) is 53.6 Å². The number of amides is 1. The Bertz CT molecular complexity index is 884. The molecule has 1 aromatic rings. The molecule has 1 aromatic carbocycles. The molecule has 3 aliphatic rings. The van der Waals surface area contributed by atoms with Crippen molar-refractivity contribution >= 4 is 11.6 Å². The lowest BCUT2D eigenvalue weighted by molar-refractivity contribution is -0.138. The van der Waals surface area contributed by atoms with Crippen LogP contribution in [0.4, 0.5) is 18.9 Å². The fourth-order valence-corrected chi connectivity index (χ4v) is 4.94. The zero-order chi connectivity index (χ0) is 22.7. The fraction of sp³-hybridized carbons (Fsp3) is 0.542. The highest BCUT2D eigenvalue weighted by Crippen LogP contribution is 2.49. The summed E-state index contributed by atoms with van der Waals surface area (Å²) < 4.78 is 46.6. The van der Waals surface area contributed by atoms with Gasteiger partial charge in [0.1, 0.15) is 0 Å². The highest BCUT2D eigenvalue weighted by atomic mass is 19.4. The normalized spacial score (nSPS) is 29.1. The monoisotopic (exact) mass is 449 g/mol. The molecule has 3 N–H and O–H groups in total. The summed E-state index contributed by atoms with van der Waals surface area (Å²) in [5.74, 6) is 0.198. The average molecular weight is 450 g/mol. The molecule has 0 spiro atoms. The van der Waals surface area contributed by atoms with E-state index in [2.05, 4.69) is 28.1 Å². The second-order valence-electron chi connectivity index (χ2n) is 8.69. The Hall–Kier alpha value is -2.32. The molecule has 1 aliphatic carbocycles. The highest BCUT2D eigenvalue weighted by molar-refractivity contribution is 5.78. The molecule has 2 aliphatic heterocycles. The van der Waals surface area contributed by atoms with E-state index in [4.69, 9.17) is 4.74 Å². The number of carbonyl (C=O) groups is 1. The Balaban J connectivity index is 1.56. The molecule has 1 saturated heterocycles. The zero-order valence-corrected chi connectivity index (χ0v) is 18.1. The SMILES string of the molecule is CCNCC(=O)NC[C@H]1CC[C@@H]2[C@H](O1)c1cc(C(F)(F)F)ccc1N[C@H]2C1C=CC=CC1.